The minimum Gasteiger partial charge on any atom is -0.395 e. The van der Waals surface area contributed by atoms with Crippen LogP contribution >= 0.6 is 23.4 Å². The van der Waals surface area contributed by atoms with Crippen molar-refractivity contribution in [2.24, 2.45) is 0 Å². The zero-order valence-electron chi connectivity index (χ0n) is 8.46. The highest BCUT2D eigenvalue weighted by Gasteiger charge is 2.02. The van der Waals surface area contributed by atoms with Gasteiger partial charge >= 0.3 is 0 Å². The fourth-order valence-corrected chi connectivity index (χ4v) is 1.97. The van der Waals surface area contributed by atoms with Gasteiger partial charge in [-0.05, 0) is 24.1 Å². The van der Waals surface area contributed by atoms with Gasteiger partial charge in [-0.25, -0.2) is 0 Å². The summed E-state index contributed by atoms with van der Waals surface area (Å²) in [6.07, 6.45) is 0. The molecule has 1 atom stereocenters. The molecular formula is C11H15ClOS. The minimum absolute atomic E-state index is 0.233. The predicted octanol–water partition coefficient (Wildman–Crippen LogP) is 3.26. The lowest BCUT2D eigenvalue weighted by Crippen LogP contribution is -2.02. The van der Waals surface area contributed by atoms with Crippen molar-refractivity contribution in [1.29, 1.82) is 0 Å². The van der Waals surface area contributed by atoms with Gasteiger partial charge in [0.1, 0.15) is 0 Å². The normalized spacial score (nSPS) is 12.9. The van der Waals surface area contributed by atoms with Gasteiger partial charge in [0, 0.05) is 16.0 Å². The molecule has 0 saturated heterocycles. The molecule has 0 bridgehead atoms. The molecular weight excluding hydrogens is 216 g/mol. The number of halogens is 1. The molecule has 0 aliphatic rings. The van der Waals surface area contributed by atoms with Crippen LogP contribution in [0, 0.1) is 6.92 Å². The van der Waals surface area contributed by atoms with Gasteiger partial charge in [0.25, 0.3) is 0 Å². The zero-order valence-corrected chi connectivity index (χ0v) is 10.0. The Hall–Kier alpha value is -0.180. The Balaban J connectivity index is 2.55. The maximum absolute atomic E-state index is 8.87. The van der Waals surface area contributed by atoms with Gasteiger partial charge in [0.05, 0.1) is 6.61 Å². The topological polar surface area (TPSA) is 20.2 Å². The monoisotopic (exact) mass is 230 g/mol. The molecule has 1 unspecified atom stereocenters. The molecule has 14 heavy (non-hydrogen) atoms. The van der Waals surface area contributed by atoms with Gasteiger partial charge in [0.15, 0.2) is 0 Å². The molecule has 0 aliphatic heterocycles. The molecule has 0 saturated carbocycles. The lowest BCUT2D eigenvalue weighted by molar-refractivity contribution is 0.300. The van der Waals surface area contributed by atoms with Crippen molar-refractivity contribution in [2.75, 3.05) is 6.61 Å². The highest BCUT2D eigenvalue weighted by atomic mass is 35.5. The largest absolute Gasteiger partial charge is 0.395 e. The Kier molecular flexibility index (Phi) is 4.79. The molecule has 0 heterocycles. The lowest BCUT2D eigenvalue weighted by atomic mass is 10.2. The van der Waals surface area contributed by atoms with Crippen LogP contribution in [-0.2, 0) is 5.75 Å². The first-order valence-electron chi connectivity index (χ1n) is 4.61. The second-order valence-electron chi connectivity index (χ2n) is 3.39. The molecule has 1 rings (SSSR count). The molecule has 0 spiro atoms. The molecule has 0 amide bonds. The third kappa shape index (κ3) is 3.52. The Morgan fingerprint density at radius 2 is 2.21 bits per heavy atom. The van der Waals surface area contributed by atoms with E-state index in [9.17, 15) is 0 Å². The number of aryl methyl sites for hydroxylation is 1. The van der Waals surface area contributed by atoms with Crippen LogP contribution in [0.4, 0.5) is 0 Å². The molecule has 0 aliphatic carbocycles. The summed E-state index contributed by atoms with van der Waals surface area (Å²) in [4.78, 5) is 0. The van der Waals surface area contributed by atoms with E-state index in [2.05, 4.69) is 6.07 Å². The SMILES string of the molecule is Cc1cc(CSC(C)CO)ccc1Cl. The average Bonchev–Trinajstić information content (AvgIpc) is 2.19. The van der Waals surface area contributed by atoms with Crippen molar-refractivity contribution in [1.82, 2.24) is 0 Å². The van der Waals surface area contributed by atoms with E-state index < -0.39 is 0 Å². The van der Waals surface area contributed by atoms with Crippen molar-refractivity contribution >= 4 is 23.4 Å². The number of hydrogen-bond acceptors (Lipinski definition) is 2. The van der Waals surface area contributed by atoms with Crippen LogP contribution in [0.5, 0.6) is 0 Å². The van der Waals surface area contributed by atoms with Crippen LogP contribution in [0.25, 0.3) is 0 Å². The Morgan fingerprint density at radius 3 is 2.79 bits per heavy atom. The van der Waals surface area contributed by atoms with E-state index in [1.807, 2.05) is 26.0 Å². The first kappa shape index (κ1) is 11.9. The van der Waals surface area contributed by atoms with Gasteiger partial charge < -0.3 is 5.11 Å². The predicted molar refractivity (Wildman–Crippen MR) is 64.0 cm³/mol. The number of rotatable bonds is 4. The maximum atomic E-state index is 8.87. The average molecular weight is 231 g/mol. The van der Waals surface area contributed by atoms with Crippen molar-refractivity contribution in [3.8, 4) is 0 Å². The lowest BCUT2D eigenvalue weighted by Gasteiger charge is -2.08. The molecule has 3 heteroatoms. The molecule has 1 aromatic carbocycles. The number of benzene rings is 1. The van der Waals surface area contributed by atoms with Crippen molar-refractivity contribution in [2.45, 2.75) is 24.9 Å². The quantitative estimate of drug-likeness (QED) is 0.857. The van der Waals surface area contributed by atoms with Crippen LogP contribution in [0.2, 0.25) is 5.02 Å². The number of thioether (sulfide) groups is 1. The molecule has 0 radical (unpaired) electrons. The van der Waals surface area contributed by atoms with Gasteiger partial charge in [0.2, 0.25) is 0 Å². The smallest absolute Gasteiger partial charge is 0.0547 e. The maximum Gasteiger partial charge on any atom is 0.0547 e. The molecule has 1 nitrogen and oxygen atoms in total. The van der Waals surface area contributed by atoms with Gasteiger partial charge in [-0.2, -0.15) is 11.8 Å². The van der Waals surface area contributed by atoms with Crippen LogP contribution in [0.15, 0.2) is 18.2 Å². The number of hydrogen-bond donors (Lipinski definition) is 1. The van der Waals surface area contributed by atoms with E-state index in [0.717, 1.165) is 16.3 Å². The summed E-state index contributed by atoms with van der Waals surface area (Å²) in [7, 11) is 0. The second kappa shape index (κ2) is 5.64. The van der Waals surface area contributed by atoms with Gasteiger partial charge in [-0.15, -0.1) is 0 Å². The van der Waals surface area contributed by atoms with E-state index in [1.54, 1.807) is 11.8 Å². The first-order valence-corrected chi connectivity index (χ1v) is 6.03. The van der Waals surface area contributed by atoms with Crippen LogP contribution < -0.4 is 0 Å². The highest BCUT2D eigenvalue weighted by molar-refractivity contribution is 7.99. The van der Waals surface area contributed by atoms with E-state index in [-0.39, 0.29) is 6.61 Å². The standard InChI is InChI=1S/C11H15ClOS/c1-8-5-10(3-4-11(8)12)7-14-9(2)6-13/h3-5,9,13H,6-7H2,1-2H3. The summed E-state index contributed by atoms with van der Waals surface area (Å²) in [6.45, 7) is 4.26. The summed E-state index contributed by atoms with van der Waals surface area (Å²) >= 11 is 7.67. The van der Waals surface area contributed by atoms with E-state index in [4.69, 9.17) is 16.7 Å². The third-order valence-corrected chi connectivity index (χ3v) is 3.66. The van der Waals surface area contributed by atoms with Crippen LogP contribution in [0.1, 0.15) is 18.1 Å². The third-order valence-electron chi connectivity index (χ3n) is 2.01. The second-order valence-corrected chi connectivity index (χ2v) is 5.22. The van der Waals surface area contributed by atoms with Crippen LogP contribution in [0.3, 0.4) is 0 Å². The van der Waals surface area contributed by atoms with Gasteiger partial charge in [-0.1, -0.05) is 30.7 Å². The minimum atomic E-state index is 0.233. The van der Waals surface area contributed by atoms with Crippen LogP contribution in [-0.4, -0.2) is 17.0 Å². The number of aliphatic hydroxyl groups is 1. The van der Waals surface area contributed by atoms with E-state index in [0.29, 0.717) is 5.25 Å². The summed E-state index contributed by atoms with van der Waals surface area (Å²) in [5.41, 5.74) is 2.37. The Labute approximate surface area is 94.5 Å². The molecule has 1 N–H and O–H groups in total. The first-order chi connectivity index (χ1) is 6.63. The summed E-state index contributed by atoms with van der Waals surface area (Å²) in [5.74, 6) is 0.930. The van der Waals surface area contributed by atoms with E-state index >= 15 is 0 Å². The zero-order chi connectivity index (χ0) is 10.6. The van der Waals surface area contributed by atoms with Crippen molar-refractivity contribution in [3.05, 3.63) is 34.3 Å². The highest BCUT2D eigenvalue weighted by Crippen LogP contribution is 2.21. The summed E-state index contributed by atoms with van der Waals surface area (Å²) in [6, 6.07) is 6.06. The summed E-state index contributed by atoms with van der Waals surface area (Å²) in [5, 5.41) is 9.98. The molecule has 0 aromatic heterocycles. The molecule has 0 fully saturated rings. The van der Waals surface area contributed by atoms with Crippen molar-refractivity contribution < 1.29 is 5.11 Å². The fourth-order valence-electron chi connectivity index (χ4n) is 1.09. The fraction of sp³-hybridized carbons (Fsp3) is 0.455. The molecule has 1 aromatic rings. The Bertz CT molecular complexity index is 301. The van der Waals surface area contributed by atoms with E-state index in [1.165, 1.54) is 5.56 Å². The number of aliphatic hydroxyl groups excluding tert-OH is 1. The van der Waals surface area contributed by atoms with Crippen molar-refractivity contribution in [3.63, 3.8) is 0 Å². The Morgan fingerprint density at radius 1 is 1.50 bits per heavy atom. The summed E-state index contributed by atoms with van der Waals surface area (Å²) < 4.78 is 0. The van der Waals surface area contributed by atoms with Gasteiger partial charge in [-0.3, -0.25) is 0 Å². The molecule has 78 valence electrons.